The molecule has 2 aromatic carbocycles. The summed E-state index contributed by atoms with van der Waals surface area (Å²) in [5.41, 5.74) is 2.27. The molecule has 0 spiro atoms. The molecule has 1 aliphatic rings. The van der Waals surface area contributed by atoms with E-state index in [0.717, 1.165) is 30.9 Å². The molecule has 0 amide bonds. The minimum absolute atomic E-state index is 0.298. The molecular weight excluding hydrogens is 293 g/mol. The van der Waals surface area contributed by atoms with Gasteiger partial charge in [0.05, 0.1) is 6.61 Å². The number of hydrogen-bond acceptors (Lipinski definition) is 2. The third-order valence-corrected chi connectivity index (χ3v) is 4.10. The maximum Gasteiger partial charge on any atom is 0.124 e. The zero-order valence-corrected chi connectivity index (χ0v) is 12.4. The number of halogens is 2. The molecule has 3 rings (SSSR count). The van der Waals surface area contributed by atoms with E-state index in [1.54, 1.807) is 6.07 Å². The van der Waals surface area contributed by atoms with Crippen LogP contribution in [-0.2, 0) is 6.54 Å². The Morgan fingerprint density at radius 3 is 2.85 bits per heavy atom. The van der Waals surface area contributed by atoms with Gasteiger partial charge in [-0.05, 0) is 23.8 Å². The van der Waals surface area contributed by atoms with Crippen LogP contribution in [0.5, 0.6) is 5.75 Å². The van der Waals surface area contributed by atoms with Crippen molar-refractivity contribution in [1.82, 2.24) is 5.32 Å². The summed E-state index contributed by atoms with van der Waals surface area (Å²) in [5, 5.41) is 4.91. The fourth-order valence-corrected chi connectivity index (χ4v) is 2.93. The Morgan fingerprint density at radius 1 is 1.15 bits per heavy atom. The Bertz CT molecular complexity index is 615. The third kappa shape index (κ3) is 2.93. The maximum absolute atomic E-state index is 6.20. The lowest BCUT2D eigenvalue weighted by Crippen LogP contribution is -2.26. The molecule has 4 heteroatoms. The van der Waals surface area contributed by atoms with E-state index in [1.807, 2.05) is 30.3 Å². The molecule has 104 valence electrons. The smallest absolute Gasteiger partial charge is 0.124 e. The second-order valence-corrected chi connectivity index (χ2v) is 5.69. The third-order valence-electron chi connectivity index (χ3n) is 3.51. The summed E-state index contributed by atoms with van der Waals surface area (Å²) in [6.07, 6.45) is 0.961. The quantitative estimate of drug-likeness (QED) is 0.894. The minimum atomic E-state index is 0.298. The first-order valence-corrected chi connectivity index (χ1v) is 7.38. The molecule has 1 aliphatic heterocycles. The van der Waals surface area contributed by atoms with Gasteiger partial charge in [0.2, 0.25) is 0 Å². The Hall–Kier alpha value is -1.22. The summed E-state index contributed by atoms with van der Waals surface area (Å²) < 4.78 is 5.66. The van der Waals surface area contributed by atoms with Crippen LogP contribution in [0.1, 0.15) is 23.6 Å². The largest absolute Gasteiger partial charge is 0.493 e. The first kappa shape index (κ1) is 13.7. The van der Waals surface area contributed by atoms with Crippen LogP contribution in [0.2, 0.25) is 10.0 Å². The lowest BCUT2D eigenvalue weighted by atomic mass is 10.0. The summed E-state index contributed by atoms with van der Waals surface area (Å²) in [7, 11) is 0. The average molecular weight is 308 g/mol. The van der Waals surface area contributed by atoms with Crippen LogP contribution in [0.15, 0.2) is 42.5 Å². The zero-order valence-electron chi connectivity index (χ0n) is 10.9. The SMILES string of the molecule is Clc1ccc(CNC2CCOc3ccccc32)c(Cl)c1. The molecule has 1 atom stereocenters. The van der Waals surface area contributed by atoms with E-state index >= 15 is 0 Å². The number of ether oxygens (including phenoxy) is 1. The highest BCUT2D eigenvalue weighted by molar-refractivity contribution is 6.35. The van der Waals surface area contributed by atoms with E-state index in [1.165, 1.54) is 5.56 Å². The molecule has 0 fully saturated rings. The van der Waals surface area contributed by atoms with E-state index in [4.69, 9.17) is 27.9 Å². The summed E-state index contributed by atoms with van der Waals surface area (Å²) in [6.45, 7) is 1.46. The fraction of sp³-hybridized carbons (Fsp3) is 0.250. The van der Waals surface area contributed by atoms with Gasteiger partial charge in [0, 0.05) is 34.6 Å². The summed E-state index contributed by atoms with van der Waals surface area (Å²) >= 11 is 12.1. The Labute approximate surface area is 128 Å². The van der Waals surface area contributed by atoms with Gasteiger partial charge in [0.1, 0.15) is 5.75 Å². The summed E-state index contributed by atoms with van der Waals surface area (Å²) in [6, 6.07) is 14.1. The molecule has 0 bridgehead atoms. The molecule has 2 nitrogen and oxygen atoms in total. The van der Waals surface area contributed by atoms with Gasteiger partial charge in [-0.25, -0.2) is 0 Å². The summed E-state index contributed by atoms with van der Waals surface area (Å²) in [5.74, 6) is 0.971. The average Bonchev–Trinajstić information content (AvgIpc) is 2.46. The molecule has 0 aromatic heterocycles. The number of para-hydroxylation sites is 1. The normalized spacial score (nSPS) is 17.4. The van der Waals surface area contributed by atoms with Crippen LogP contribution in [0, 0.1) is 0 Å². The van der Waals surface area contributed by atoms with Crippen molar-refractivity contribution >= 4 is 23.2 Å². The van der Waals surface area contributed by atoms with Gasteiger partial charge in [-0.1, -0.05) is 47.5 Å². The number of nitrogens with one attached hydrogen (secondary N) is 1. The molecule has 0 saturated heterocycles. The standard InChI is InChI=1S/C16H15Cl2NO/c17-12-6-5-11(14(18)9-12)10-19-15-7-8-20-16-4-2-1-3-13(15)16/h1-6,9,15,19H,7-8,10H2. The van der Waals surface area contributed by atoms with E-state index in [-0.39, 0.29) is 0 Å². The van der Waals surface area contributed by atoms with Crippen LogP contribution in [0.4, 0.5) is 0 Å². The monoisotopic (exact) mass is 307 g/mol. The Kier molecular flexibility index (Phi) is 4.16. The highest BCUT2D eigenvalue weighted by Crippen LogP contribution is 2.32. The predicted octanol–water partition coefficient (Wildman–Crippen LogP) is 4.61. The molecule has 0 saturated carbocycles. The first-order chi connectivity index (χ1) is 9.74. The van der Waals surface area contributed by atoms with Gasteiger partial charge in [0.15, 0.2) is 0 Å². The van der Waals surface area contributed by atoms with Crippen molar-refractivity contribution in [2.75, 3.05) is 6.61 Å². The van der Waals surface area contributed by atoms with Gasteiger partial charge in [0.25, 0.3) is 0 Å². The second kappa shape index (κ2) is 6.04. The van der Waals surface area contributed by atoms with Crippen LogP contribution < -0.4 is 10.1 Å². The van der Waals surface area contributed by atoms with Gasteiger partial charge in [-0.3, -0.25) is 0 Å². The van der Waals surface area contributed by atoms with Gasteiger partial charge < -0.3 is 10.1 Å². The number of hydrogen-bond donors (Lipinski definition) is 1. The number of fused-ring (bicyclic) bond motifs is 1. The highest BCUT2D eigenvalue weighted by atomic mass is 35.5. The lowest BCUT2D eigenvalue weighted by molar-refractivity contribution is 0.252. The molecule has 2 aromatic rings. The minimum Gasteiger partial charge on any atom is -0.493 e. The maximum atomic E-state index is 6.20. The van der Waals surface area contributed by atoms with Gasteiger partial charge in [-0.15, -0.1) is 0 Å². The zero-order chi connectivity index (χ0) is 13.9. The van der Waals surface area contributed by atoms with Crippen molar-refractivity contribution in [1.29, 1.82) is 0 Å². The van der Waals surface area contributed by atoms with Gasteiger partial charge in [-0.2, -0.15) is 0 Å². The first-order valence-electron chi connectivity index (χ1n) is 6.63. The van der Waals surface area contributed by atoms with Crippen LogP contribution in [-0.4, -0.2) is 6.61 Å². The fourth-order valence-electron chi connectivity index (χ4n) is 2.45. The van der Waals surface area contributed by atoms with Crippen molar-refractivity contribution in [3.63, 3.8) is 0 Å². The van der Waals surface area contributed by atoms with Crippen molar-refractivity contribution in [2.24, 2.45) is 0 Å². The number of rotatable bonds is 3. The van der Waals surface area contributed by atoms with Crippen molar-refractivity contribution in [3.8, 4) is 5.75 Å². The van der Waals surface area contributed by atoms with E-state index in [2.05, 4.69) is 11.4 Å². The molecule has 0 radical (unpaired) electrons. The molecule has 1 unspecified atom stereocenters. The van der Waals surface area contributed by atoms with E-state index in [9.17, 15) is 0 Å². The van der Waals surface area contributed by atoms with Crippen LogP contribution >= 0.6 is 23.2 Å². The van der Waals surface area contributed by atoms with Gasteiger partial charge >= 0.3 is 0 Å². The van der Waals surface area contributed by atoms with Crippen molar-refractivity contribution in [3.05, 3.63) is 63.6 Å². The molecule has 0 aliphatic carbocycles. The highest BCUT2D eigenvalue weighted by Gasteiger charge is 2.20. The lowest BCUT2D eigenvalue weighted by Gasteiger charge is -2.27. The Balaban J connectivity index is 1.73. The molecular formula is C16H15Cl2NO. The summed E-state index contributed by atoms with van der Waals surface area (Å²) in [4.78, 5) is 0. The molecule has 20 heavy (non-hydrogen) atoms. The second-order valence-electron chi connectivity index (χ2n) is 4.84. The topological polar surface area (TPSA) is 21.3 Å². The van der Waals surface area contributed by atoms with Crippen LogP contribution in [0.25, 0.3) is 0 Å². The van der Waals surface area contributed by atoms with Crippen molar-refractivity contribution < 1.29 is 4.74 Å². The predicted molar refractivity (Wildman–Crippen MR) is 82.6 cm³/mol. The number of benzene rings is 2. The molecule has 1 heterocycles. The van der Waals surface area contributed by atoms with E-state index in [0.29, 0.717) is 16.1 Å². The van der Waals surface area contributed by atoms with Crippen molar-refractivity contribution in [2.45, 2.75) is 19.0 Å². The Morgan fingerprint density at radius 2 is 2.00 bits per heavy atom. The van der Waals surface area contributed by atoms with E-state index < -0.39 is 0 Å². The van der Waals surface area contributed by atoms with Crippen LogP contribution in [0.3, 0.4) is 0 Å². The molecule has 1 N–H and O–H groups in total.